The molecule has 1 aliphatic heterocycles. The van der Waals surface area contributed by atoms with Crippen molar-refractivity contribution in [1.29, 1.82) is 0 Å². The second-order valence-corrected chi connectivity index (χ2v) is 8.81. The van der Waals surface area contributed by atoms with Gasteiger partial charge in [0.05, 0.1) is 5.69 Å². The summed E-state index contributed by atoms with van der Waals surface area (Å²) in [5, 5.41) is 10.6. The topological polar surface area (TPSA) is 61.0 Å². The lowest BCUT2D eigenvalue weighted by Crippen LogP contribution is -2.40. The summed E-state index contributed by atoms with van der Waals surface area (Å²) in [6.45, 7) is 3.81. The first-order valence-electron chi connectivity index (χ1n) is 11.5. The molecule has 2 heterocycles. The number of H-pyrrole nitrogens is 1. The predicted octanol–water partition coefficient (Wildman–Crippen LogP) is 3.86. The van der Waals surface area contributed by atoms with Crippen LogP contribution < -0.4 is 5.32 Å². The van der Waals surface area contributed by atoms with Gasteiger partial charge in [0, 0.05) is 24.2 Å². The SMILES string of the molecule is O=C(NCCN1CCC(Cc2ccccc2)CC1)c1[nH]nc2c1CCc1ccccc1-2. The molecule has 2 N–H and O–H groups in total. The molecule has 5 rings (SSSR count). The van der Waals surface area contributed by atoms with E-state index in [1.807, 2.05) is 6.07 Å². The van der Waals surface area contributed by atoms with Crippen LogP contribution in [0.5, 0.6) is 0 Å². The molecule has 2 aliphatic rings. The molecule has 0 saturated carbocycles. The van der Waals surface area contributed by atoms with Crippen LogP contribution in [0, 0.1) is 5.92 Å². The van der Waals surface area contributed by atoms with Crippen LogP contribution in [0.3, 0.4) is 0 Å². The summed E-state index contributed by atoms with van der Waals surface area (Å²) in [6.07, 6.45) is 5.47. The number of benzene rings is 2. The third kappa shape index (κ3) is 4.42. The van der Waals surface area contributed by atoms with Crippen molar-refractivity contribution in [2.24, 2.45) is 5.92 Å². The van der Waals surface area contributed by atoms with E-state index in [0.29, 0.717) is 12.2 Å². The van der Waals surface area contributed by atoms with E-state index in [0.717, 1.165) is 55.2 Å². The minimum atomic E-state index is -0.0351. The zero-order chi connectivity index (χ0) is 21.0. The van der Waals surface area contributed by atoms with Gasteiger partial charge in [-0.05, 0) is 62.2 Å². The number of carbonyl (C=O) groups excluding carboxylic acids is 1. The molecule has 1 saturated heterocycles. The lowest BCUT2D eigenvalue weighted by Gasteiger charge is -2.32. The van der Waals surface area contributed by atoms with Gasteiger partial charge in [0.1, 0.15) is 5.69 Å². The predicted molar refractivity (Wildman–Crippen MR) is 123 cm³/mol. The fourth-order valence-corrected chi connectivity index (χ4v) is 5.03. The minimum absolute atomic E-state index is 0.0351. The fourth-order valence-electron chi connectivity index (χ4n) is 5.03. The smallest absolute Gasteiger partial charge is 0.269 e. The summed E-state index contributed by atoms with van der Waals surface area (Å²) >= 11 is 0. The van der Waals surface area contributed by atoms with Crippen molar-refractivity contribution in [3.8, 4) is 11.3 Å². The highest BCUT2D eigenvalue weighted by atomic mass is 16.1. The number of aromatic amines is 1. The highest BCUT2D eigenvalue weighted by Gasteiger charge is 2.25. The summed E-state index contributed by atoms with van der Waals surface area (Å²) < 4.78 is 0. The van der Waals surface area contributed by atoms with Crippen LogP contribution in [-0.4, -0.2) is 47.2 Å². The molecule has 0 radical (unpaired) electrons. The Morgan fingerprint density at radius 1 is 1.03 bits per heavy atom. The van der Waals surface area contributed by atoms with Gasteiger partial charge in [-0.2, -0.15) is 5.10 Å². The Morgan fingerprint density at radius 2 is 1.81 bits per heavy atom. The molecule has 5 nitrogen and oxygen atoms in total. The number of fused-ring (bicyclic) bond motifs is 3. The van der Waals surface area contributed by atoms with E-state index in [-0.39, 0.29) is 5.91 Å². The van der Waals surface area contributed by atoms with Gasteiger partial charge in [0.15, 0.2) is 0 Å². The third-order valence-electron chi connectivity index (χ3n) is 6.80. The number of nitrogens with zero attached hydrogens (tertiary/aromatic N) is 2. The molecule has 0 unspecified atom stereocenters. The van der Waals surface area contributed by atoms with Gasteiger partial charge in [0.25, 0.3) is 5.91 Å². The lowest BCUT2D eigenvalue weighted by atomic mass is 9.89. The maximum Gasteiger partial charge on any atom is 0.269 e. The van der Waals surface area contributed by atoms with E-state index < -0.39 is 0 Å². The Balaban J connectivity index is 1.10. The quantitative estimate of drug-likeness (QED) is 0.644. The maximum atomic E-state index is 12.8. The van der Waals surface area contributed by atoms with Gasteiger partial charge in [-0.1, -0.05) is 54.6 Å². The first-order chi connectivity index (χ1) is 15.3. The highest BCUT2D eigenvalue weighted by molar-refractivity contribution is 5.96. The average molecular weight is 415 g/mol. The zero-order valence-electron chi connectivity index (χ0n) is 17.9. The van der Waals surface area contributed by atoms with Crippen molar-refractivity contribution in [2.75, 3.05) is 26.2 Å². The molecule has 1 aliphatic carbocycles. The number of aromatic nitrogens is 2. The van der Waals surface area contributed by atoms with Crippen LogP contribution in [0.25, 0.3) is 11.3 Å². The largest absolute Gasteiger partial charge is 0.349 e. The van der Waals surface area contributed by atoms with Crippen LogP contribution in [0.1, 0.15) is 40.0 Å². The molecule has 2 aromatic carbocycles. The minimum Gasteiger partial charge on any atom is -0.349 e. The van der Waals surface area contributed by atoms with E-state index in [9.17, 15) is 4.79 Å². The number of rotatable bonds is 6. The van der Waals surface area contributed by atoms with Gasteiger partial charge in [-0.25, -0.2) is 0 Å². The number of likely N-dealkylation sites (tertiary alicyclic amines) is 1. The Bertz CT molecular complexity index is 1030. The van der Waals surface area contributed by atoms with Crippen LogP contribution in [0.15, 0.2) is 54.6 Å². The van der Waals surface area contributed by atoms with Gasteiger partial charge < -0.3 is 10.2 Å². The normalized spacial score (nSPS) is 16.5. The van der Waals surface area contributed by atoms with Crippen molar-refractivity contribution < 1.29 is 4.79 Å². The summed E-state index contributed by atoms with van der Waals surface area (Å²) in [6, 6.07) is 19.1. The standard InChI is InChI=1S/C26H30N4O/c31-26(25-23-11-10-21-8-4-5-9-22(21)24(23)28-29-25)27-14-17-30-15-12-20(13-16-30)18-19-6-2-1-3-7-19/h1-9,20H,10-18H2,(H,27,31)(H,28,29). The number of nitrogens with one attached hydrogen (secondary N) is 2. The molecule has 3 aromatic rings. The summed E-state index contributed by atoms with van der Waals surface area (Å²) in [7, 11) is 0. The first-order valence-corrected chi connectivity index (χ1v) is 11.5. The van der Waals surface area contributed by atoms with Crippen LogP contribution in [0.4, 0.5) is 0 Å². The number of piperidine rings is 1. The van der Waals surface area contributed by atoms with Crippen LogP contribution in [-0.2, 0) is 19.3 Å². The number of hydrogen-bond acceptors (Lipinski definition) is 3. The van der Waals surface area contributed by atoms with Crippen molar-refractivity contribution in [1.82, 2.24) is 20.4 Å². The molecule has 1 fully saturated rings. The lowest BCUT2D eigenvalue weighted by molar-refractivity contribution is 0.0938. The number of carbonyl (C=O) groups is 1. The number of amides is 1. The Hall–Kier alpha value is -2.92. The molecule has 0 atom stereocenters. The van der Waals surface area contributed by atoms with E-state index in [1.165, 1.54) is 30.4 Å². The van der Waals surface area contributed by atoms with Crippen molar-refractivity contribution in [3.05, 3.63) is 77.0 Å². The Labute approximate surface area is 183 Å². The van der Waals surface area contributed by atoms with Gasteiger partial charge >= 0.3 is 0 Å². The van der Waals surface area contributed by atoms with Crippen LogP contribution in [0.2, 0.25) is 0 Å². The summed E-state index contributed by atoms with van der Waals surface area (Å²) in [4.78, 5) is 15.3. The molecule has 160 valence electrons. The second-order valence-electron chi connectivity index (χ2n) is 8.81. The monoisotopic (exact) mass is 414 g/mol. The van der Waals surface area contributed by atoms with Crippen molar-refractivity contribution in [2.45, 2.75) is 32.1 Å². The molecule has 0 spiro atoms. The third-order valence-corrected chi connectivity index (χ3v) is 6.80. The molecule has 5 heteroatoms. The molecule has 0 bridgehead atoms. The highest BCUT2D eigenvalue weighted by Crippen LogP contribution is 2.33. The zero-order valence-corrected chi connectivity index (χ0v) is 17.9. The fraction of sp³-hybridized carbons (Fsp3) is 0.385. The van der Waals surface area contributed by atoms with E-state index in [1.54, 1.807) is 0 Å². The second kappa shape index (κ2) is 9.06. The average Bonchev–Trinajstić information content (AvgIpc) is 3.26. The van der Waals surface area contributed by atoms with E-state index in [4.69, 9.17) is 0 Å². The number of hydrogen-bond donors (Lipinski definition) is 2. The molecule has 1 aromatic heterocycles. The Morgan fingerprint density at radius 3 is 2.65 bits per heavy atom. The van der Waals surface area contributed by atoms with Gasteiger partial charge in [-0.3, -0.25) is 9.89 Å². The molecule has 1 amide bonds. The number of aryl methyl sites for hydroxylation is 1. The van der Waals surface area contributed by atoms with Crippen molar-refractivity contribution in [3.63, 3.8) is 0 Å². The molecular weight excluding hydrogens is 384 g/mol. The molecule has 31 heavy (non-hydrogen) atoms. The van der Waals surface area contributed by atoms with Gasteiger partial charge in [0.2, 0.25) is 0 Å². The van der Waals surface area contributed by atoms with E-state index in [2.05, 4.69) is 68.9 Å². The van der Waals surface area contributed by atoms with E-state index >= 15 is 0 Å². The van der Waals surface area contributed by atoms with Crippen LogP contribution >= 0.6 is 0 Å². The summed E-state index contributed by atoms with van der Waals surface area (Å²) in [5.41, 5.74) is 6.52. The van der Waals surface area contributed by atoms with Gasteiger partial charge in [-0.15, -0.1) is 0 Å². The van der Waals surface area contributed by atoms with Crippen molar-refractivity contribution >= 4 is 5.91 Å². The maximum absolute atomic E-state index is 12.8. The molecular formula is C26H30N4O. The summed E-state index contributed by atoms with van der Waals surface area (Å²) in [5.74, 6) is 0.736. The first kappa shape index (κ1) is 20.0. The Kier molecular flexibility index (Phi) is 5.85.